The second-order valence-corrected chi connectivity index (χ2v) is 3.72. The fourth-order valence-corrected chi connectivity index (χ4v) is 1.50. The zero-order valence-corrected chi connectivity index (χ0v) is 9.82. The molecule has 0 unspecified atom stereocenters. The molecule has 0 aliphatic rings. The Morgan fingerprint density at radius 3 is 2.70 bits per heavy atom. The normalized spacial score (nSPS) is 9.90. The molecule has 0 bridgehead atoms. The number of nitriles is 1. The number of halogens is 3. The maximum Gasteiger partial charge on any atom is 0.258 e. The summed E-state index contributed by atoms with van der Waals surface area (Å²) >= 11 is 0. The molecule has 1 N–H and O–H groups in total. The number of carbonyl (C=O) groups is 1. The average Bonchev–Trinajstić information content (AvgIpc) is 2.43. The molecule has 1 heterocycles. The number of anilines is 1. The van der Waals surface area contributed by atoms with Crippen LogP contribution in [0.1, 0.15) is 15.9 Å². The summed E-state index contributed by atoms with van der Waals surface area (Å²) in [6.07, 6.45) is 0.934. The van der Waals surface area contributed by atoms with E-state index in [9.17, 15) is 18.0 Å². The van der Waals surface area contributed by atoms with Gasteiger partial charge in [-0.3, -0.25) is 4.79 Å². The van der Waals surface area contributed by atoms with E-state index >= 15 is 0 Å². The zero-order chi connectivity index (χ0) is 14.7. The average molecular weight is 277 g/mol. The molecule has 20 heavy (non-hydrogen) atoms. The number of nitrogens with one attached hydrogen (secondary N) is 1. The van der Waals surface area contributed by atoms with Crippen LogP contribution in [0.25, 0.3) is 0 Å². The molecule has 1 aromatic heterocycles. The molecule has 1 aromatic carbocycles. The third-order valence-electron chi connectivity index (χ3n) is 2.44. The molecule has 100 valence electrons. The second kappa shape index (κ2) is 5.40. The Labute approximate surface area is 111 Å². The minimum absolute atomic E-state index is 0.00415. The van der Waals surface area contributed by atoms with Crippen molar-refractivity contribution in [1.29, 1.82) is 5.26 Å². The van der Waals surface area contributed by atoms with Crippen LogP contribution in [-0.2, 0) is 0 Å². The van der Waals surface area contributed by atoms with Gasteiger partial charge in [0.15, 0.2) is 5.82 Å². The first-order chi connectivity index (χ1) is 9.52. The van der Waals surface area contributed by atoms with Crippen molar-refractivity contribution in [3.05, 3.63) is 59.2 Å². The summed E-state index contributed by atoms with van der Waals surface area (Å²) in [5.74, 6) is -4.42. The van der Waals surface area contributed by atoms with Gasteiger partial charge in [0.25, 0.3) is 5.91 Å². The predicted octanol–water partition coefficient (Wildman–Crippen LogP) is 2.62. The van der Waals surface area contributed by atoms with Gasteiger partial charge in [0.2, 0.25) is 5.95 Å². The standard InChI is InChI=1S/C13H6F3N3O/c14-8-1-2-10(7(5-8)6-17)19-13(20)9-3-4-18-12(16)11(9)15/h1-5H,(H,19,20). The Hall–Kier alpha value is -2.88. The van der Waals surface area contributed by atoms with E-state index < -0.39 is 29.1 Å². The zero-order valence-electron chi connectivity index (χ0n) is 9.82. The van der Waals surface area contributed by atoms with Crippen LogP contribution in [0.15, 0.2) is 30.5 Å². The lowest BCUT2D eigenvalue weighted by atomic mass is 10.1. The molecule has 4 nitrogen and oxygen atoms in total. The Morgan fingerprint density at radius 2 is 2.00 bits per heavy atom. The van der Waals surface area contributed by atoms with Gasteiger partial charge in [-0.05, 0) is 24.3 Å². The monoisotopic (exact) mass is 277 g/mol. The van der Waals surface area contributed by atoms with Crippen LogP contribution in [0, 0.1) is 28.9 Å². The molecular formula is C13H6F3N3O. The Balaban J connectivity index is 2.33. The SMILES string of the molecule is N#Cc1cc(F)ccc1NC(=O)c1ccnc(F)c1F. The molecule has 0 saturated heterocycles. The number of pyridine rings is 1. The second-order valence-electron chi connectivity index (χ2n) is 3.72. The smallest absolute Gasteiger partial charge is 0.258 e. The molecule has 0 fully saturated rings. The van der Waals surface area contributed by atoms with Crippen LogP contribution in [0.2, 0.25) is 0 Å². The molecule has 0 spiro atoms. The summed E-state index contributed by atoms with van der Waals surface area (Å²) in [6.45, 7) is 0. The largest absolute Gasteiger partial charge is 0.321 e. The highest BCUT2D eigenvalue weighted by Crippen LogP contribution is 2.18. The number of hydrogen-bond acceptors (Lipinski definition) is 3. The van der Waals surface area contributed by atoms with Crippen LogP contribution < -0.4 is 5.32 Å². The fourth-order valence-electron chi connectivity index (χ4n) is 1.50. The molecule has 0 atom stereocenters. The summed E-state index contributed by atoms with van der Waals surface area (Å²) in [5.41, 5.74) is -0.700. The molecule has 0 radical (unpaired) electrons. The van der Waals surface area contributed by atoms with E-state index in [4.69, 9.17) is 5.26 Å². The topological polar surface area (TPSA) is 65.8 Å². The van der Waals surface area contributed by atoms with Gasteiger partial charge >= 0.3 is 0 Å². The number of aromatic nitrogens is 1. The summed E-state index contributed by atoms with van der Waals surface area (Å²) in [6, 6.07) is 5.77. The highest BCUT2D eigenvalue weighted by Gasteiger charge is 2.17. The van der Waals surface area contributed by atoms with E-state index in [-0.39, 0.29) is 11.3 Å². The molecule has 0 aliphatic carbocycles. The van der Waals surface area contributed by atoms with Crippen LogP contribution in [0.3, 0.4) is 0 Å². The van der Waals surface area contributed by atoms with Crippen LogP contribution in [0.4, 0.5) is 18.9 Å². The van der Waals surface area contributed by atoms with Gasteiger partial charge in [-0.25, -0.2) is 13.8 Å². The molecular weight excluding hydrogens is 271 g/mol. The van der Waals surface area contributed by atoms with E-state index in [1.807, 2.05) is 0 Å². The number of carbonyl (C=O) groups excluding carboxylic acids is 1. The molecule has 0 aliphatic heterocycles. The molecule has 2 aromatic rings. The maximum absolute atomic E-state index is 13.4. The van der Waals surface area contributed by atoms with Gasteiger partial charge in [0, 0.05) is 6.20 Å². The van der Waals surface area contributed by atoms with Crippen molar-refractivity contribution in [2.75, 3.05) is 5.32 Å². The highest BCUT2D eigenvalue weighted by molar-refractivity contribution is 6.05. The molecule has 7 heteroatoms. The van der Waals surface area contributed by atoms with Crippen molar-refractivity contribution in [2.45, 2.75) is 0 Å². The predicted molar refractivity (Wildman–Crippen MR) is 63.2 cm³/mol. The molecule has 0 saturated carbocycles. The summed E-state index contributed by atoms with van der Waals surface area (Å²) in [5, 5.41) is 11.0. The van der Waals surface area contributed by atoms with Gasteiger partial charge in [-0.15, -0.1) is 0 Å². The Bertz CT molecular complexity index is 725. The summed E-state index contributed by atoms with van der Waals surface area (Å²) < 4.78 is 39.2. The van der Waals surface area contributed by atoms with Crippen molar-refractivity contribution in [2.24, 2.45) is 0 Å². The molecule has 1 amide bonds. The quantitative estimate of drug-likeness (QED) is 0.858. The molecule has 2 rings (SSSR count). The van der Waals surface area contributed by atoms with Gasteiger partial charge in [-0.1, -0.05) is 0 Å². The lowest BCUT2D eigenvalue weighted by molar-refractivity contribution is 0.102. The van der Waals surface area contributed by atoms with Crippen molar-refractivity contribution in [3.63, 3.8) is 0 Å². The first-order valence-electron chi connectivity index (χ1n) is 5.34. The van der Waals surface area contributed by atoms with Crippen molar-refractivity contribution >= 4 is 11.6 Å². The van der Waals surface area contributed by atoms with E-state index in [0.717, 1.165) is 30.5 Å². The van der Waals surface area contributed by atoms with Crippen molar-refractivity contribution in [3.8, 4) is 6.07 Å². The minimum Gasteiger partial charge on any atom is -0.321 e. The number of nitrogens with zero attached hydrogens (tertiary/aromatic N) is 2. The number of benzene rings is 1. The fraction of sp³-hybridized carbons (Fsp3) is 0. The van der Waals surface area contributed by atoms with Crippen LogP contribution in [-0.4, -0.2) is 10.9 Å². The van der Waals surface area contributed by atoms with Crippen molar-refractivity contribution < 1.29 is 18.0 Å². The third kappa shape index (κ3) is 2.59. The van der Waals surface area contributed by atoms with E-state index in [0.29, 0.717) is 0 Å². The van der Waals surface area contributed by atoms with E-state index in [1.165, 1.54) is 0 Å². The van der Waals surface area contributed by atoms with Crippen LogP contribution >= 0.6 is 0 Å². The van der Waals surface area contributed by atoms with Gasteiger partial charge < -0.3 is 5.32 Å². The number of rotatable bonds is 2. The Morgan fingerprint density at radius 1 is 1.25 bits per heavy atom. The third-order valence-corrected chi connectivity index (χ3v) is 2.44. The van der Waals surface area contributed by atoms with Crippen molar-refractivity contribution in [1.82, 2.24) is 4.98 Å². The highest BCUT2D eigenvalue weighted by atomic mass is 19.2. The minimum atomic E-state index is -1.41. The first-order valence-corrected chi connectivity index (χ1v) is 5.34. The van der Waals surface area contributed by atoms with Gasteiger partial charge in [-0.2, -0.15) is 9.65 Å². The van der Waals surface area contributed by atoms with E-state index in [1.54, 1.807) is 6.07 Å². The first kappa shape index (κ1) is 13.5. The lowest BCUT2D eigenvalue weighted by Crippen LogP contribution is -2.16. The van der Waals surface area contributed by atoms with E-state index in [2.05, 4.69) is 10.3 Å². The maximum atomic E-state index is 13.4. The summed E-state index contributed by atoms with van der Waals surface area (Å²) in [7, 11) is 0. The Kier molecular flexibility index (Phi) is 3.66. The lowest BCUT2D eigenvalue weighted by Gasteiger charge is -2.07. The number of amides is 1. The summed E-state index contributed by atoms with van der Waals surface area (Å²) in [4.78, 5) is 14.8. The van der Waals surface area contributed by atoms with Gasteiger partial charge in [0.1, 0.15) is 11.9 Å². The number of hydrogen-bond donors (Lipinski definition) is 1. The van der Waals surface area contributed by atoms with Gasteiger partial charge in [0.05, 0.1) is 16.8 Å². The van der Waals surface area contributed by atoms with Crippen LogP contribution in [0.5, 0.6) is 0 Å².